The van der Waals surface area contributed by atoms with Crippen LogP contribution < -0.4 is 10.6 Å². The molecule has 1 saturated carbocycles. The van der Waals surface area contributed by atoms with E-state index in [1.807, 2.05) is 25.1 Å². The summed E-state index contributed by atoms with van der Waals surface area (Å²) in [6.07, 6.45) is 3.38. The van der Waals surface area contributed by atoms with Crippen molar-refractivity contribution < 1.29 is 9.59 Å². The fraction of sp³-hybridized carbons (Fsp3) is 0.235. The van der Waals surface area contributed by atoms with Gasteiger partial charge in [-0.25, -0.2) is 4.68 Å². The lowest BCUT2D eigenvalue weighted by molar-refractivity contribution is -0.117. The van der Waals surface area contributed by atoms with Crippen LogP contribution in [0, 0.1) is 12.8 Å². The molecular weight excluding hydrogens is 352 g/mol. The summed E-state index contributed by atoms with van der Waals surface area (Å²) in [5.74, 6) is -0.0515. The SMILES string of the molecule is Cc1cc(NC(=O)C2CC2)sc1C(=O)Nc1cccc(-n2cnnn2)c1. The Bertz CT molecular complexity index is 962. The first-order valence-electron chi connectivity index (χ1n) is 8.16. The second kappa shape index (κ2) is 6.68. The fourth-order valence-corrected chi connectivity index (χ4v) is 3.50. The summed E-state index contributed by atoms with van der Waals surface area (Å²) in [5, 5.41) is 17.5. The van der Waals surface area contributed by atoms with Crippen LogP contribution in [-0.2, 0) is 4.79 Å². The number of amides is 2. The number of anilines is 2. The van der Waals surface area contributed by atoms with E-state index in [-0.39, 0.29) is 17.7 Å². The average molecular weight is 368 g/mol. The standard InChI is InChI=1S/C17H16N6O2S/c1-10-7-14(20-16(24)11-5-6-11)26-15(10)17(25)19-12-3-2-4-13(8-12)23-9-18-21-22-23/h2-4,7-9,11H,5-6H2,1H3,(H,19,25)(H,20,24). The van der Waals surface area contributed by atoms with Gasteiger partial charge in [0.25, 0.3) is 5.91 Å². The van der Waals surface area contributed by atoms with Gasteiger partial charge in [-0.15, -0.1) is 16.4 Å². The van der Waals surface area contributed by atoms with Crippen LogP contribution in [-0.4, -0.2) is 32.0 Å². The Balaban J connectivity index is 1.49. The molecule has 2 aromatic heterocycles. The van der Waals surface area contributed by atoms with Gasteiger partial charge in [0.05, 0.1) is 15.6 Å². The van der Waals surface area contributed by atoms with E-state index in [0.717, 1.165) is 24.1 Å². The lowest BCUT2D eigenvalue weighted by Crippen LogP contribution is -2.12. The molecule has 2 heterocycles. The van der Waals surface area contributed by atoms with Gasteiger partial charge in [-0.3, -0.25) is 9.59 Å². The van der Waals surface area contributed by atoms with Gasteiger partial charge in [0, 0.05) is 11.6 Å². The highest BCUT2D eigenvalue weighted by Gasteiger charge is 2.30. The van der Waals surface area contributed by atoms with E-state index < -0.39 is 0 Å². The quantitative estimate of drug-likeness (QED) is 0.721. The van der Waals surface area contributed by atoms with E-state index in [1.165, 1.54) is 22.3 Å². The monoisotopic (exact) mass is 368 g/mol. The zero-order valence-corrected chi connectivity index (χ0v) is 14.8. The number of hydrogen-bond donors (Lipinski definition) is 2. The molecule has 4 rings (SSSR count). The predicted octanol–water partition coefficient (Wildman–Crippen LogP) is 2.63. The number of nitrogens with one attached hydrogen (secondary N) is 2. The molecule has 2 amide bonds. The van der Waals surface area contributed by atoms with Crippen LogP contribution in [0.25, 0.3) is 5.69 Å². The van der Waals surface area contributed by atoms with Gasteiger partial charge < -0.3 is 10.6 Å². The maximum atomic E-state index is 12.6. The fourth-order valence-electron chi connectivity index (χ4n) is 2.53. The molecule has 1 aromatic carbocycles. The minimum absolute atomic E-state index is 0.0346. The second-order valence-electron chi connectivity index (χ2n) is 6.15. The topological polar surface area (TPSA) is 102 Å². The highest BCUT2D eigenvalue weighted by Crippen LogP contribution is 2.33. The summed E-state index contributed by atoms with van der Waals surface area (Å²) in [6.45, 7) is 1.86. The van der Waals surface area contributed by atoms with E-state index in [9.17, 15) is 9.59 Å². The van der Waals surface area contributed by atoms with Crippen molar-refractivity contribution in [2.45, 2.75) is 19.8 Å². The maximum absolute atomic E-state index is 12.6. The molecule has 0 atom stereocenters. The smallest absolute Gasteiger partial charge is 0.266 e. The van der Waals surface area contributed by atoms with Gasteiger partial charge in [-0.2, -0.15) is 0 Å². The normalized spacial score (nSPS) is 13.4. The van der Waals surface area contributed by atoms with Crippen LogP contribution >= 0.6 is 11.3 Å². The van der Waals surface area contributed by atoms with E-state index >= 15 is 0 Å². The first-order chi connectivity index (χ1) is 12.6. The molecule has 1 aliphatic rings. The minimum Gasteiger partial charge on any atom is -0.321 e. The number of carbonyl (C=O) groups excluding carboxylic acids is 2. The lowest BCUT2D eigenvalue weighted by atomic mass is 10.2. The van der Waals surface area contributed by atoms with Crippen LogP contribution in [0.5, 0.6) is 0 Å². The molecule has 26 heavy (non-hydrogen) atoms. The number of carbonyl (C=O) groups is 2. The Morgan fingerprint density at radius 2 is 2.08 bits per heavy atom. The molecule has 0 spiro atoms. The first kappa shape index (κ1) is 16.4. The number of aryl methyl sites for hydroxylation is 1. The van der Waals surface area contributed by atoms with Crippen molar-refractivity contribution in [3.8, 4) is 5.69 Å². The molecule has 0 radical (unpaired) electrons. The molecule has 8 nitrogen and oxygen atoms in total. The molecular formula is C17H16N6O2S. The van der Waals surface area contributed by atoms with Gasteiger partial charge in [-0.05, 0) is 60.0 Å². The molecule has 0 saturated heterocycles. The Morgan fingerprint density at radius 1 is 1.23 bits per heavy atom. The summed E-state index contributed by atoms with van der Waals surface area (Å²) in [4.78, 5) is 25.1. The number of thiophene rings is 1. The molecule has 0 bridgehead atoms. The first-order valence-corrected chi connectivity index (χ1v) is 8.98. The molecule has 3 aromatic rings. The molecule has 2 N–H and O–H groups in total. The molecule has 9 heteroatoms. The highest BCUT2D eigenvalue weighted by molar-refractivity contribution is 7.18. The van der Waals surface area contributed by atoms with Crippen molar-refractivity contribution in [2.24, 2.45) is 5.92 Å². The van der Waals surface area contributed by atoms with Crippen molar-refractivity contribution in [3.05, 3.63) is 47.1 Å². The minimum atomic E-state index is -0.215. The molecule has 1 aliphatic carbocycles. The summed E-state index contributed by atoms with van der Waals surface area (Å²) in [7, 11) is 0. The summed E-state index contributed by atoms with van der Waals surface area (Å²) < 4.78 is 1.51. The third-order valence-electron chi connectivity index (χ3n) is 4.04. The van der Waals surface area contributed by atoms with Gasteiger partial charge in [0.2, 0.25) is 5.91 Å². The van der Waals surface area contributed by atoms with Gasteiger partial charge in [-0.1, -0.05) is 6.07 Å². The van der Waals surface area contributed by atoms with Crippen LogP contribution in [0.2, 0.25) is 0 Å². The van der Waals surface area contributed by atoms with E-state index in [1.54, 1.807) is 12.1 Å². The largest absolute Gasteiger partial charge is 0.321 e. The van der Waals surface area contributed by atoms with Crippen molar-refractivity contribution in [1.29, 1.82) is 0 Å². The summed E-state index contributed by atoms with van der Waals surface area (Å²) >= 11 is 1.28. The Labute approximate surface area is 153 Å². The van der Waals surface area contributed by atoms with Crippen LogP contribution in [0.1, 0.15) is 28.1 Å². The Morgan fingerprint density at radius 3 is 2.81 bits per heavy atom. The number of rotatable bonds is 5. The van der Waals surface area contributed by atoms with Crippen molar-refractivity contribution >= 4 is 33.8 Å². The summed E-state index contributed by atoms with van der Waals surface area (Å²) in [5.41, 5.74) is 2.21. The van der Waals surface area contributed by atoms with E-state index in [0.29, 0.717) is 15.6 Å². The molecule has 132 valence electrons. The zero-order chi connectivity index (χ0) is 18.1. The number of nitrogens with zero attached hydrogens (tertiary/aromatic N) is 4. The van der Waals surface area contributed by atoms with Crippen molar-refractivity contribution in [3.63, 3.8) is 0 Å². The third-order valence-corrected chi connectivity index (χ3v) is 5.19. The van der Waals surface area contributed by atoms with Crippen LogP contribution in [0.4, 0.5) is 10.7 Å². The Hall–Kier alpha value is -3.07. The number of tetrazole rings is 1. The molecule has 0 unspecified atom stereocenters. The lowest BCUT2D eigenvalue weighted by Gasteiger charge is -2.06. The van der Waals surface area contributed by atoms with Crippen molar-refractivity contribution in [2.75, 3.05) is 10.6 Å². The van der Waals surface area contributed by atoms with Crippen LogP contribution in [0.3, 0.4) is 0 Å². The van der Waals surface area contributed by atoms with Crippen molar-refractivity contribution in [1.82, 2.24) is 20.2 Å². The van der Waals surface area contributed by atoms with Gasteiger partial charge in [0.1, 0.15) is 6.33 Å². The maximum Gasteiger partial charge on any atom is 0.266 e. The van der Waals surface area contributed by atoms with Crippen LogP contribution in [0.15, 0.2) is 36.7 Å². The Kier molecular flexibility index (Phi) is 4.21. The van der Waals surface area contributed by atoms with E-state index in [4.69, 9.17) is 0 Å². The number of hydrogen-bond acceptors (Lipinski definition) is 6. The van der Waals surface area contributed by atoms with Gasteiger partial charge >= 0.3 is 0 Å². The number of benzene rings is 1. The van der Waals surface area contributed by atoms with Gasteiger partial charge in [0.15, 0.2) is 0 Å². The third kappa shape index (κ3) is 3.47. The molecule has 1 fully saturated rings. The highest BCUT2D eigenvalue weighted by atomic mass is 32.1. The van der Waals surface area contributed by atoms with E-state index in [2.05, 4.69) is 26.2 Å². The average Bonchev–Trinajstić information content (AvgIpc) is 3.20. The summed E-state index contributed by atoms with van der Waals surface area (Å²) in [6, 6.07) is 9.07. The second-order valence-corrected chi connectivity index (χ2v) is 7.20. The predicted molar refractivity (Wildman–Crippen MR) is 97.5 cm³/mol. The number of aromatic nitrogens is 4. The molecule has 0 aliphatic heterocycles. The zero-order valence-electron chi connectivity index (χ0n) is 14.0.